The van der Waals surface area contributed by atoms with E-state index < -0.39 is 4.92 Å². The maximum Gasteiger partial charge on any atom is 0.271 e. The normalized spacial score (nSPS) is 10.7. The predicted molar refractivity (Wildman–Crippen MR) is 72.8 cm³/mol. The maximum absolute atomic E-state index is 11.6. The highest BCUT2D eigenvalue weighted by Gasteiger charge is 2.06. The molecule has 2 aromatic rings. The first-order valence-electron chi connectivity index (χ1n) is 5.74. The van der Waals surface area contributed by atoms with E-state index in [0.717, 1.165) is 18.2 Å². The van der Waals surface area contributed by atoms with E-state index in [1.54, 1.807) is 18.2 Å². The number of nitro groups is 1. The summed E-state index contributed by atoms with van der Waals surface area (Å²) in [6, 6.07) is 10.6. The largest absolute Gasteiger partial charge is 0.871 e. The van der Waals surface area contributed by atoms with Crippen molar-refractivity contribution in [1.82, 2.24) is 0 Å². The molecule has 0 aliphatic heterocycles. The number of ether oxygens (including phenoxy) is 1. The number of nitro benzene ring substituents is 1. The van der Waals surface area contributed by atoms with E-state index in [0.29, 0.717) is 11.3 Å². The van der Waals surface area contributed by atoms with E-state index in [4.69, 9.17) is 4.74 Å². The summed E-state index contributed by atoms with van der Waals surface area (Å²) in [6.07, 6.45) is 1.44. The molecule has 6 nitrogen and oxygen atoms in total. The van der Waals surface area contributed by atoms with Gasteiger partial charge in [-0.25, -0.2) is 0 Å². The fourth-order valence-corrected chi connectivity index (χ4v) is 1.63. The Bertz CT molecular complexity index is 668. The van der Waals surface area contributed by atoms with Crippen LogP contribution in [0.5, 0.6) is 11.5 Å². The highest BCUT2D eigenvalue weighted by molar-refractivity contribution is 5.86. The summed E-state index contributed by atoms with van der Waals surface area (Å²) in [6.45, 7) is 0. The molecule has 0 aliphatic rings. The van der Waals surface area contributed by atoms with Gasteiger partial charge in [0.05, 0.1) is 17.7 Å². The number of hydrogen-bond acceptors (Lipinski definition) is 5. The van der Waals surface area contributed by atoms with Gasteiger partial charge in [0.2, 0.25) is 0 Å². The third-order valence-electron chi connectivity index (χ3n) is 2.63. The number of non-ortho nitro benzene ring substituents is 1. The molecule has 0 aliphatic carbocycles. The Balaban J connectivity index is 2.36. The van der Waals surface area contributed by atoms with Crippen molar-refractivity contribution in [3.05, 3.63) is 58.1 Å². The van der Waals surface area contributed by atoms with Crippen molar-refractivity contribution in [3.8, 4) is 11.5 Å². The zero-order chi connectivity index (χ0) is 14.5. The number of aliphatic imine (C=N–C) groups is 1. The fraction of sp³-hybridized carbons (Fsp3) is 0.0714. The molecule has 20 heavy (non-hydrogen) atoms. The van der Waals surface area contributed by atoms with Crippen molar-refractivity contribution in [2.75, 3.05) is 7.11 Å². The fourth-order valence-electron chi connectivity index (χ4n) is 1.63. The minimum atomic E-state index is -0.568. The van der Waals surface area contributed by atoms with Gasteiger partial charge in [-0.3, -0.25) is 15.1 Å². The quantitative estimate of drug-likeness (QED) is 0.485. The average molecular weight is 271 g/mol. The van der Waals surface area contributed by atoms with Gasteiger partial charge in [-0.15, -0.1) is 0 Å². The molecule has 0 unspecified atom stereocenters. The van der Waals surface area contributed by atoms with Crippen LogP contribution in [0.1, 0.15) is 5.56 Å². The van der Waals surface area contributed by atoms with Crippen LogP contribution in [0.15, 0.2) is 47.5 Å². The van der Waals surface area contributed by atoms with Crippen molar-refractivity contribution in [2.45, 2.75) is 0 Å². The van der Waals surface area contributed by atoms with E-state index in [1.165, 1.54) is 13.3 Å². The molecule has 0 atom stereocenters. The Morgan fingerprint density at radius 3 is 2.70 bits per heavy atom. The van der Waals surface area contributed by atoms with E-state index in [1.807, 2.05) is 6.07 Å². The van der Waals surface area contributed by atoms with Gasteiger partial charge in [0.15, 0.2) is 0 Å². The summed E-state index contributed by atoms with van der Waals surface area (Å²) >= 11 is 0. The molecule has 2 rings (SSSR count). The smallest absolute Gasteiger partial charge is 0.271 e. The number of nitrogens with zero attached hydrogens (tertiary/aromatic N) is 2. The molecule has 102 valence electrons. The Hall–Kier alpha value is -2.89. The molecule has 0 radical (unpaired) electrons. The van der Waals surface area contributed by atoms with Crippen LogP contribution in [0.25, 0.3) is 0 Å². The van der Waals surface area contributed by atoms with E-state index in [9.17, 15) is 15.2 Å². The molecule has 2 aromatic carbocycles. The second-order valence-corrected chi connectivity index (χ2v) is 3.91. The molecular weight excluding hydrogens is 260 g/mol. The van der Waals surface area contributed by atoms with Gasteiger partial charge >= 0.3 is 0 Å². The topological polar surface area (TPSA) is 87.8 Å². The molecule has 6 heteroatoms. The van der Waals surface area contributed by atoms with Crippen molar-refractivity contribution in [1.29, 1.82) is 0 Å². The number of methoxy groups -OCH3 is 1. The number of para-hydroxylation sites is 1. The van der Waals surface area contributed by atoms with Gasteiger partial charge in [-0.05, 0) is 12.1 Å². The Morgan fingerprint density at radius 2 is 2.00 bits per heavy atom. The summed E-state index contributed by atoms with van der Waals surface area (Å²) in [7, 11) is 1.53. The van der Waals surface area contributed by atoms with Crippen LogP contribution < -0.4 is 9.84 Å². The molecule has 0 spiro atoms. The van der Waals surface area contributed by atoms with Gasteiger partial charge < -0.3 is 9.84 Å². The molecule has 0 saturated carbocycles. The SMILES string of the molecule is COc1ccccc1C=Nc1cc([N+](=O)[O-])ccc1[O-]. The van der Waals surface area contributed by atoms with Gasteiger partial charge in [0.25, 0.3) is 5.69 Å². The van der Waals surface area contributed by atoms with Gasteiger partial charge in [0.1, 0.15) is 5.75 Å². The Morgan fingerprint density at radius 1 is 1.25 bits per heavy atom. The van der Waals surface area contributed by atoms with Crippen molar-refractivity contribution in [2.24, 2.45) is 4.99 Å². The molecule has 0 bridgehead atoms. The summed E-state index contributed by atoms with van der Waals surface area (Å²) in [4.78, 5) is 14.1. The number of benzene rings is 2. The molecule has 0 saturated heterocycles. The van der Waals surface area contributed by atoms with Crippen LogP contribution in [-0.4, -0.2) is 18.2 Å². The summed E-state index contributed by atoms with van der Waals surface area (Å²) < 4.78 is 5.15. The van der Waals surface area contributed by atoms with Crippen LogP contribution in [0, 0.1) is 10.1 Å². The second-order valence-electron chi connectivity index (χ2n) is 3.91. The van der Waals surface area contributed by atoms with E-state index in [2.05, 4.69) is 4.99 Å². The Kier molecular flexibility index (Phi) is 3.95. The lowest BCUT2D eigenvalue weighted by Gasteiger charge is -2.08. The predicted octanol–water partition coefficient (Wildman–Crippen LogP) is 2.43. The lowest BCUT2D eigenvalue weighted by molar-refractivity contribution is -0.385. The average Bonchev–Trinajstić information content (AvgIpc) is 2.46. The van der Waals surface area contributed by atoms with Crippen molar-refractivity contribution in [3.63, 3.8) is 0 Å². The van der Waals surface area contributed by atoms with Crippen LogP contribution in [0.4, 0.5) is 11.4 Å². The molecule has 0 heterocycles. The highest BCUT2D eigenvalue weighted by Crippen LogP contribution is 2.28. The van der Waals surface area contributed by atoms with Crippen molar-refractivity contribution >= 4 is 17.6 Å². The molecular formula is C14H11N2O4-. The Labute approximate surface area is 115 Å². The highest BCUT2D eigenvalue weighted by atomic mass is 16.6. The van der Waals surface area contributed by atoms with Crippen LogP contribution in [-0.2, 0) is 0 Å². The number of rotatable bonds is 4. The van der Waals surface area contributed by atoms with Gasteiger partial charge in [-0.2, -0.15) is 0 Å². The summed E-state index contributed by atoms with van der Waals surface area (Å²) in [5, 5.41) is 22.3. The van der Waals surface area contributed by atoms with E-state index >= 15 is 0 Å². The standard InChI is InChI=1S/C14H12N2O4/c1-20-14-5-3-2-4-10(14)9-15-12-8-11(16(18)19)6-7-13(12)17/h2-9,17H,1H3/p-1. The first-order chi connectivity index (χ1) is 9.61. The van der Waals surface area contributed by atoms with Gasteiger partial charge in [0, 0.05) is 23.9 Å². The summed E-state index contributed by atoms with van der Waals surface area (Å²) in [5.41, 5.74) is 0.530. The third-order valence-corrected chi connectivity index (χ3v) is 2.63. The van der Waals surface area contributed by atoms with Crippen LogP contribution >= 0.6 is 0 Å². The van der Waals surface area contributed by atoms with E-state index in [-0.39, 0.29) is 17.1 Å². The molecule has 0 amide bonds. The zero-order valence-corrected chi connectivity index (χ0v) is 10.6. The zero-order valence-electron chi connectivity index (χ0n) is 10.6. The van der Waals surface area contributed by atoms with Gasteiger partial charge in [-0.1, -0.05) is 23.9 Å². The third kappa shape index (κ3) is 2.92. The lowest BCUT2D eigenvalue weighted by Crippen LogP contribution is -1.94. The van der Waals surface area contributed by atoms with Crippen LogP contribution in [0.2, 0.25) is 0 Å². The molecule has 0 fully saturated rings. The van der Waals surface area contributed by atoms with Crippen LogP contribution in [0.3, 0.4) is 0 Å². The minimum Gasteiger partial charge on any atom is -0.871 e. The van der Waals surface area contributed by atoms with Crippen molar-refractivity contribution < 1.29 is 14.8 Å². The maximum atomic E-state index is 11.6. The lowest BCUT2D eigenvalue weighted by atomic mass is 10.2. The molecule has 0 aromatic heterocycles. The molecule has 0 N–H and O–H groups in total. The monoisotopic (exact) mass is 271 g/mol. The first kappa shape index (κ1) is 13.5. The summed E-state index contributed by atoms with van der Waals surface area (Å²) in [5.74, 6) is 0.232. The minimum absolute atomic E-state index is 0.0186. The number of hydrogen-bond donors (Lipinski definition) is 0. The second kappa shape index (κ2) is 5.83. The first-order valence-corrected chi connectivity index (χ1v) is 5.74.